The van der Waals surface area contributed by atoms with Crippen molar-refractivity contribution in [1.82, 2.24) is 10.2 Å². The maximum Gasteiger partial charge on any atom is 0.161 e. The molecule has 21 heavy (non-hydrogen) atoms. The lowest BCUT2D eigenvalue weighted by Crippen LogP contribution is -2.55. The smallest absolute Gasteiger partial charge is 0.161 e. The first kappa shape index (κ1) is 16.1. The van der Waals surface area contributed by atoms with Crippen LogP contribution < -0.4 is 14.8 Å². The first-order chi connectivity index (χ1) is 10.2. The fourth-order valence-electron chi connectivity index (χ4n) is 3.01. The number of nitrogens with zero attached hydrogens (tertiary/aromatic N) is 1. The molecule has 1 saturated heterocycles. The van der Waals surface area contributed by atoms with Crippen LogP contribution in [0.1, 0.15) is 32.3 Å². The summed E-state index contributed by atoms with van der Waals surface area (Å²) in [4.78, 5) is 2.59. The van der Waals surface area contributed by atoms with Crippen molar-refractivity contribution in [3.8, 4) is 11.5 Å². The summed E-state index contributed by atoms with van der Waals surface area (Å²) in [5, 5.41) is 3.64. The minimum atomic E-state index is 0.605. The Labute approximate surface area is 128 Å². The number of methoxy groups -OCH3 is 2. The molecule has 0 radical (unpaired) electrons. The van der Waals surface area contributed by atoms with Gasteiger partial charge in [0.15, 0.2) is 11.5 Å². The van der Waals surface area contributed by atoms with Gasteiger partial charge in [-0.1, -0.05) is 19.9 Å². The number of ether oxygens (including phenoxy) is 2. The number of piperazine rings is 1. The fourth-order valence-corrected chi connectivity index (χ4v) is 3.01. The van der Waals surface area contributed by atoms with E-state index in [1.54, 1.807) is 14.2 Å². The monoisotopic (exact) mass is 292 g/mol. The predicted octanol–water partition coefficient (Wildman–Crippen LogP) is 2.67. The number of hydrogen-bond acceptors (Lipinski definition) is 4. The molecule has 0 spiro atoms. The normalized spacial score (nSPS) is 23.0. The van der Waals surface area contributed by atoms with Crippen LogP contribution in [-0.4, -0.2) is 44.3 Å². The van der Waals surface area contributed by atoms with Crippen molar-refractivity contribution >= 4 is 0 Å². The lowest BCUT2D eigenvalue weighted by Gasteiger charge is -2.40. The van der Waals surface area contributed by atoms with Crippen LogP contribution in [-0.2, 0) is 6.54 Å². The van der Waals surface area contributed by atoms with Gasteiger partial charge in [-0.15, -0.1) is 0 Å². The van der Waals surface area contributed by atoms with Gasteiger partial charge < -0.3 is 14.8 Å². The number of rotatable bonds is 6. The molecule has 1 aliphatic rings. The molecule has 0 saturated carbocycles. The highest BCUT2D eigenvalue weighted by Gasteiger charge is 2.25. The Morgan fingerprint density at radius 1 is 1.14 bits per heavy atom. The molecule has 1 N–H and O–H groups in total. The summed E-state index contributed by atoms with van der Waals surface area (Å²) in [7, 11) is 3.36. The second-order valence-corrected chi connectivity index (χ2v) is 5.69. The topological polar surface area (TPSA) is 33.7 Å². The summed E-state index contributed by atoms with van der Waals surface area (Å²) in [5.74, 6) is 1.60. The molecule has 2 unspecified atom stereocenters. The van der Waals surface area contributed by atoms with E-state index in [1.807, 2.05) is 6.07 Å². The zero-order valence-corrected chi connectivity index (χ0v) is 13.7. The van der Waals surface area contributed by atoms with Crippen molar-refractivity contribution in [1.29, 1.82) is 0 Å². The van der Waals surface area contributed by atoms with Gasteiger partial charge in [-0.3, -0.25) is 4.90 Å². The zero-order valence-electron chi connectivity index (χ0n) is 13.7. The van der Waals surface area contributed by atoms with E-state index >= 15 is 0 Å². The number of nitrogens with one attached hydrogen (secondary N) is 1. The average molecular weight is 292 g/mol. The Hall–Kier alpha value is -1.26. The van der Waals surface area contributed by atoms with Gasteiger partial charge >= 0.3 is 0 Å². The van der Waals surface area contributed by atoms with Gasteiger partial charge in [0.1, 0.15) is 0 Å². The van der Waals surface area contributed by atoms with E-state index in [-0.39, 0.29) is 0 Å². The van der Waals surface area contributed by atoms with Crippen LogP contribution in [0, 0.1) is 0 Å². The number of hydrogen-bond donors (Lipinski definition) is 1. The van der Waals surface area contributed by atoms with Crippen molar-refractivity contribution in [2.24, 2.45) is 0 Å². The van der Waals surface area contributed by atoms with Gasteiger partial charge in [0, 0.05) is 31.7 Å². The lowest BCUT2D eigenvalue weighted by atomic mass is 10.0. The van der Waals surface area contributed by atoms with E-state index < -0.39 is 0 Å². The third-order valence-electron chi connectivity index (χ3n) is 4.41. The molecule has 1 aromatic carbocycles. The van der Waals surface area contributed by atoms with E-state index in [4.69, 9.17) is 9.47 Å². The van der Waals surface area contributed by atoms with Crippen molar-refractivity contribution in [2.75, 3.05) is 27.3 Å². The van der Waals surface area contributed by atoms with Gasteiger partial charge in [-0.25, -0.2) is 0 Å². The van der Waals surface area contributed by atoms with Crippen LogP contribution in [0.4, 0.5) is 0 Å². The molecule has 4 nitrogen and oxygen atoms in total. The molecule has 1 fully saturated rings. The molecule has 0 aromatic heterocycles. The molecule has 1 aliphatic heterocycles. The second-order valence-electron chi connectivity index (χ2n) is 5.69. The Balaban J connectivity index is 2.11. The zero-order chi connectivity index (χ0) is 15.2. The number of benzene rings is 1. The third-order valence-corrected chi connectivity index (χ3v) is 4.41. The second kappa shape index (κ2) is 7.66. The first-order valence-corrected chi connectivity index (χ1v) is 7.90. The first-order valence-electron chi connectivity index (χ1n) is 7.90. The van der Waals surface area contributed by atoms with E-state index in [0.29, 0.717) is 12.1 Å². The Bertz CT molecular complexity index is 450. The Morgan fingerprint density at radius 3 is 2.52 bits per heavy atom. The summed E-state index contributed by atoms with van der Waals surface area (Å²) in [6.45, 7) is 7.68. The molecule has 1 aromatic rings. The van der Waals surface area contributed by atoms with Crippen molar-refractivity contribution in [3.63, 3.8) is 0 Å². The van der Waals surface area contributed by atoms with Crippen LogP contribution in [0.25, 0.3) is 0 Å². The van der Waals surface area contributed by atoms with E-state index in [0.717, 1.165) is 31.1 Å². The van der Waals surface area contributed by atoms with Crippen LogP contribution in [0.5, 0.6) is 11.5 Å². The summed E-state index contributed by atoms with van der Waals surface area (Å²) in [5.41, 5.74) is 1.28. The third kappa shape index (κ3) is 3.89. The maximum atomic E-state index is 5.41. The van der Waals surface area contributed by atoms with E-state index in [2.05, 4.69) is 36.2 Å². The summed E-state index contributed by atoms with van der Waals surface area (Å²) >= 11 is 0. The average Bonchev–Trinajstić information content (AvgIpc) is 2.54. The van der Waals surface area contributed by atoms with Gasteiger partial charge in [0.2, 0.25) is 0 Å². The molecule has 1 heterocycles. The molecule has 0 aliphatic carbocycles. The summed E-state index contributed by atoms with van der Waals surface area (Å²) < 4.78 is 10.7. The molecular weight excluding hydrogens is 264 g/mol. The Kier molecular flexibility index (Phi) is 5.88. The lowest BCUT2D eigenvalue weighted by molar-refractivity contribution is 0.117. The van der Waals surface area contributed by atoms with E-state index in [1.165, 1.54) is 18.4 Å². The highest BCUT2D eigenvalue weighted by Crippen LogP contribution is 2.28. The standard InChI is InChI=1S/C17H28N2O2/c1-5-14-12-19(15(6-2)10-18-14)11-13-7-8-16(20-3)17(9-13)21-4/h7-9,14-15,18H,5-6,10-12H2,1-4H3. The molecule has 0 amide bonds. The highest BCUT2D eigenvalue weighted by molar-refractivity contribution is 5.42. The minimum Gasteiger partial charge on any atom is -0.493 e. The quantitative estimate of drug-likeness (QED) is 0.874. The van der Waals surface area contributed by atoms with Gasteiger partial charge in [0.25, 0.3) is 0 Å². The van der Waals surface area contributed by atoms with Crippen molar-refractivity contribution in [2.45, 2.75) is 45.3 Å². The van der Waals surface area contributed by atoms with Crippen molar-refractivity contribution < 1.29 is 9.47 Å². The van der Waals surface area contributed by atoms with E-state index in [9.17, 15) is 0 Å². The molecule has 4 heteroatoms. The molecule has 0 bridgehead atoms. The van der Waals surface area contributed by atoms with Gasteiger partial charge in [0.05, 0.1) is 14.2 Å². The maximum absolute atomic E-state index is 5.41. The molecule has 2 rings (SSSR count). The highest BCUT2D eigenvalue weighted by atomic mass is 16.5. The fraction of sp³-hybridized carbons (Fsp3) is 0.647. The van der Waals surface area contributed by atoms with Crippen LogP contribution >= 0.6 is 0 Å². The molecule has 118 valence electrons. The summed E-state index contributed by atoms with van der Waals surface area (Å²) in [6.07, 6.45) is 2.36. The molecular formula is C17H28N2O2. The Morgan fingerprint density at radius 2 is 1.90 bits per heavy atom. The van der Waals surface area contributed by atoms with Crippen LogP contribution in [0.3, 0.4) is 0 Å². The van der Waals surface area contributed by atoms with Gasteiger partial charge in [-0.05, 0) is 30.5 Å². The van der Waals surface area contributed by atoms with Crippen molar-refractivity contribution in [3.05, 3.63) is 23.8 Å². The largest absolute Gasteiger partial charge is 0.493 e. The SMILES string of the molecule is CCC1CN(Cc2ccc(OC)c(OC)c2)C(CC)CN1. The minimum absolute atomic E-state index is 0.605. The van der Waals surface area contributed by atoms with Gasteiger partial charge in [-0.2, -0.15) is 0 Å². The van der Waals surface area contributed by atoms with Crippen LogP contribution in [0.15, 0.2) is 18.2 Å². The summed E-state index contributed by atoms with van der Waals surface area (Å²) in [6, 6.07) is 7.44. The predicted molar refractivity (Wildman–Crippen MR) is 86.1 cm³/mol. The van der Waals surface area contributed by atoms with Crippen LogP contribution in [0.2, 0.25) is 0 Å². The molecule has 2 atom stereocenters.